The highest BCUT2D eigenvalue weighted by atomic mass is 32.1. The lowest BCUT2D eigenvalue weighted by molar-refractivity contribution is 0.565. The van der Waals surface area contributed by atoms with Crippen LogP contribution in [0.15, 0.2) is 4.99 Å². The zero-order valence-electron chi connectivity index (χ0n) is 9.53. The first-order chi connectivity index (χ1) is 7.00. The molecule has 0 saturated carbocycles. The van der Waals surface area contributed by atoms with E-state index in [9.17, 15) is 0 Å². The molecule has 1 aromatic heterocycles. The van der Waals surface area contributed by atoms with Gasteiger partial charge in [-0.15, -0.1) is 5.10 Å². The molecule has 0 saturated heterocycles. The molecule has 0 aliphatic carbocycles. The van der Waals surface area contributed by atoms with E-state index in [1.807, 2.05) is 6.92 Å². The van der Waals surface area contributed by atoms with Crippen molar-refractivity contribution in [1.29, 1.82) is 0 Å². The second-order valence-electron chi connectivity index (χ2n) is 4.17. The summed E-state index contributed by atoms with van der Waals surface area (Å²) in [7, 11) is 0. The monoisotopic (exact) mass is 227 g/mol. The van der Waals surface area contributed by atoms with Crippen LogP contribution in [0.3, 0.4) is 0 Å². The summed E-state index contributed by atoms with van der Waals surface area (Å²) in [5.74, 6) is 6.10. The van der Waals surface area contributed by atoms with E-state index in [1.54, 1.807) is 0 Å². The van der Waals surface area contributed by atoms with Crippen molar-refractivity contribution in [3.05, 3.63) is 10.6 Å². The number of nitrogens with one attached hydrogen (secondary N) is 1. The predicted molar refractivity (Wildman–Crippen MR) is 63.0 cm³/mol. The van der Waals surface area contributed by atoms with E-state index in [-0.39, 0.29) is 5.41 Å². The van der Waals surface area contributed by atoms with Gasteiger partial charge in [-0.1, -0.05) is 25.3 Å². The van der Waals surface area contributed by atoms with Gasteiger partial charge < -0.3 is 5.43 Å². The third-order valence-electron chi connectivity index (χ3n) is 1.87. The maximum Gasteiger partial charge on any atom is 0.156 e. The molecular weight excluding hydrogens is 210 g/mol. The van der Waals surface area contributed by atoms with E-state index in [2.05, 4.69) is 40.8 Å². The van der Waals surface area contributed by atoms with Gasteiger partial charge in [0, 0.05) is 12.0 Å². The number of hydrogen-bond acceptors (Lipinski definition) is 5. The van der Waals surface area contributed by atoms with Gasteiger partial charge >= 0.3 is 0 Å². The largest absolute Gasteiger partial charge is 0.307 e. The lowest BCUT2D eigenvalue weighted by atomic mass is 9.91. The van der Waals surface area contributed by atoms with Gasteiger partial charge in [0.2, 0.25) is 0 Å². The van der Waals surface area contributed by atoms with Gasteiger partial charge in [0.1, 0.15) is 4.88 Å². The van der Waals surface area contributed by atoms with Crippen molar-refractivity contribution in [1.82, 2.24) is 15.0 Å². The average Bonchev–Trinajstić information content (AvgIpc) is 2.61. The molecule has 1 aromatic rings. The third kappa shape index (κ3) is 2.73. The molecule has 84 valence electrons. The molecule has 0 unspecified atom stereocenters. The second-order valence-corrected chi connectivity index (χ2v) is 4.92. The molecule has 0 amide bonds. The Morgan fingerprint density at radius 2 is 2.20 bits per heavy atom. The smallest absolute Gasteiger partial charge is 0.156 e. The van der Waals surface area contributed by atoms with Crippen LogP contribution < -0.4 is 11.3 Å². The number of aromatic nitrogens is 2. The highest BCUT2D eigenvalue weighted by molar-refractivity contribution is 7.08. The summed E-state index contributed by atoms with van der Waals surface area (Å²) in [6, 6.07) is 0. The van der Waals surface area contributed by atoms with E-state index in [4.69, 9.17) is 5.84 Å². The Hall–Kier alpha value is -1.01. The van der Waals surface area contributed by atoms with Crippen molar-refractivity contribution in [3.63, 3.8) is 0 Å². The molecule has 0 radical (unpaired) electrons. The first-order valence-electron chi connectivity index (χ1n) is 4.85. The van der Waals surface area contributed by atoms with Crippen LogP contribution in [0.2, 0.25) is 0 Å². The van der Waals surface area contributed by atoms with E-state index < -0.39 is 0 Å². The number of amidine groups is 1. The minimum atomic E-state index is -0.0479. The van der Waals surface area contributed by atoms with E-state index in [1.165, 1.54) is 11.5 Å². The Kier molecular flexibility index (Phi) is 3.76. The standard InChI is InChI=1S/C9H17N5S/c1-5-11-8(12-10)6-7(9(2,3)4)13-14-15-6/h5,10H2,1-4H3,(H,11,12). The molecule has 0 aliphatic rings. The summed E-state index contributed by atoms with van der Waals surface area (Å²) in [5.41, 5.74) is 3.48. The highest BCUT2D eigenvalue weighted by Gasteiger charge is 2.24. The molecule has 3 N–H and O–H groups in total. The first-order valence-corrected chi connectivity index (χ1v) is 5.62. The third-order valence-corrected chi connectivity index (χ3v) is 2.60. The Balaban J connectivity index is 3.15. The number of aliphatic imine (C=N–C) groups is 1. The molecule has 0 aromatic carbocycles. The summed E-state index contributed by atoms with van der Waals surface area (Å²) < 4.78 is 3.95. The number of rotatable bonds is 2. The van der Waals surface area contributed by atoms with Crippen LogP contribution >= 0.6 is 11.5 Å². The van der Waals surface area contributed by atoms with Crippen molar-refractivity contribution < 1.29 is 0 Å². The Labute approximate surface area is 93.9 Å². The molecule has 0 aliphatic heterocycles. The molecule has 0 atom stereocenters. The van der Waals surface area contributed by atoms with Gasteiger partial charge in [0.25, 0.3) is 0 Å². The summed E-state index contributed by atoms with van der Waals surface area (Å²) >= 11 is 1.31. The minimum absolute atomic E-state index is 0.0479. The molecule has 0 spiro atoms. The molecule has 0 fully saturated rings. The van der Waals surface area contributed by atoms with Crippen LogP contribution in [0.5, 0.6) is 0 Å². The van der Waals surface area contributed by atoms with Gasteiger partial charge in [-0.3, -0.25) is 4.99 Å². The van der Waals surface area contributed by atoms with Crippen LogP contribution in [-0.4, -0.2) is 22.0 Å². The molecule has 15 heavy (non-hydrogen) atoms. The van der Waals surface area contributed by atoms with E-state index in [0.717, 1.165) is 10.6 Å². The second kappa shape index (κ2) is 4.67. The highest BCUT2D eigenvalue weighted by Crippen LogP contribution is 2.25. The van der Waals surface area contributed by atoms with Crippen molar-refractivity contribution in [3.8, 4) is 0 Å². The van der Waals surface area contributed by atoms with Crippen LogP contribution in [0.25, 0.3) is 0 Å². The molecule has 0 bridgehead atoms. The summed E-state index contributed by atoms with van der Waals surface area (Å²) in [5, 5.41) is 4.13. The molecule has 6 heteroatoms. The number of nitrogens with two attached hydrogens (primary N) is 1. The molecule has 1 heterocycles. The fourth-order valence-electron chi connectivity index (χ4n) is 1.18. The quantitative estimate of drug-likeness (QED) is 0.343. The van der Waals surface area contributed by atoms with Gasteiger partial charge in [-0.25, -0.2) is 5.84 Å². The van der Waals surface area contributed by atoms with Crippen molar-refractivity contribution >= 4 is 17.4 Å². The van der Waals surface area contributed by atoms with Gasteiger partial charge in [-0.2, -0.15) is 0 Å². The zero-order chi connectivity index (χ0) is 11.5. The van der Waals surface area contributed by atoms with Gasteiger partial charge in [0.15, 0.2) is 5.84 Å². The number of nitrogens with zero attached hydrogens (tertiary/aromatic N) is 3. The van der Waals surface area contributed by atoms with E-state index >= 15 is 0 Å². The lowest BCUT2D eigenvalue weighted by Gasteiger charge is -2.16. The zero-order valence-corrected chi connectivity index (χ0v) is 10.4. The molecule has 5 nitrogen and oxygen atoms in total. The molecule has 1 rings (SSSR count). The number of hydrogen-bond donors (Lipinski definition) is 2. The van der Waals surface area contributed by atoms with Crippen molar-refractivity contribution in [2.45, 2.75) is 33.1 Å². The lowest BCUT2D eigenvalue weighted by Crippen LogP contribution is -2.32. The number of hydrazine groups is 1. The van der Waals surface area contributed by atoms with Crippen molar-refractivity contribution in [2.24, 2.45) is 10.8 Å². The van der Waals surface area contributed by atoms with Gasteiger partial charge in [0.05, 0.1) is 5.69 Å². The van der Waals surface area contributed by atoms with Gasteiger partial charge in [-0.05, 0) is 18.5 Å². The fraction of sp³-hybridized carbons (Fsp3) is 0.667. The van der Waals surface area contributed by atoms with Crippen LogP contribution in [0.4, 0.5) is 0 Å². The predicted octanol–water partition coefficient (Wildman–Crippen LogP) is 1.07. The SMILES string of the molecule is CCN=C(NN)c1snnc1C(C)(C)C. The first kappa shape index (κ1) is 12.1. The minimum Gasteiger partial charge on any atom is -0.307 e. The van der Waals surface area contributed by atoms with Crippen LogP contribution in [0.1, 0.15) is 38.3 Å². The summed E-state index contributed by atoms with van der Waals surface area (Å²) in [6.07, 6.45) is 0. The summed E-state index contributed by atoms with van der Waals surface area (Å²) in [6.45, 7) is 8.91. The Morgan fingerprint density at radius 1 is 1.53 bits per heavy atom. The summed E-state index contributed by atoms with van der Waals surface area (Å²) in [4.78, 5) is 5.19. The normalized spacial score (nSPS) is 13.0. The van der Waals surface area contributed by atoms with Crippen LogP contribution in [0, 0.1) is 0 Å². The van der Waals surface area contributed by atoms with Crippen molar-refractivity contribution in [2.75, 3.05) is 6.54 Å². The topological polar surface area (TPSA) is 76.2 Å². The fourth-order valence-corrected chi connectivity index (χ4v) is 2.03. The van der Waals surface area contributed by atoms with Crippen LogP contribution in [-0.2, 0) is 5.41 Å². The Bertz CT molecular complexity index is 350. The molecular formula is C9H17N5S. The van der Waals surface area contributed by atoms with E-state index in [0.29, 0.717) is 12.4 Å². The maximum atomic E-state index is 5.43. The maximum absolute atomic E-state index is 5.43. The average molecular weight is 227 g/mol. The Morgan fingerprint density at radius 3 is 2.67 bits per heavy atom.